The Morgan fingerprint density at radius 2 is 1.73 bits per heavy atom. The number of aromatic nitrogens is 2. The number of benzene rings is 1. The number of ether oxygens (including phenoxy) is 2. The Hall–Kier alpha value is -4.34. The first-order chi connectivity index (χ1) is 17.3. The van der Waals surface area contributed by atoms with Crippen molar-refractivity contribution in [2.24, 2.45) is 0 Å². The highest BCUT2D eigenvalue weighted by atomic mass is 19.4. The number of nitrogens with zero attached hydrogens (tertiary/aromatic N) is 3. The molecule has 0 aliphatic rings. The van der Waals surface area contributed by atoms with Gasteiger partial charge in [0, 0.05) is 29.9 Å². The molecule has 0 bridgehead atoms. The Kier molecular flexibility index (Phi) is 7.61. The second-order valence-electron chi connectivity index (χ2n) is 7.57. The molecule has 0 amide bonds. The van der Waals surface area contributed by atoms with Crippen LogP contribution in [0.4, 0.5) is 26.3 Å². The average molecular weight is 525 g/mol. The summed E-state index contributed by atoms with van der Waals surface area (Å²) in [5.41, 5.74) is -3.81. The summed E-state index contributed by atoms with van der Waals surface area (Å²) in [5, 5.41) is 9.45. The summed E-state index contributed by atoms with van der Waals surface area (Å²) in [6.45, 7) is 0.963. The number of alkyl halides is 6. The van der Waals surface area contributed by atoms with Crippen LogP contribution in [0.5, 0.6) is 0 Å². The van der Waals surface area contributed by atoms with Gasteiger partial charge in [-0.05, 0) is 42.8 Å². The van der Waals surface area contributed by atoms with Crippen LogP contribution in [0.1, 0.15) is 39.5 Å². The predicted molar refractivity (Wildman–Crippen MR) is 117 cm³/mol. The molecule has 0 saturated carbocycles. The normalized spacial score (nSPS) is 12.4. The molecular weight excluding hydrogens is 508 g/mol. The minimum absolute atomic E-state index is 0.0115. The zero-order valence-electron chi connectivity index (χ0n) is 19.2. The van der Waals surface area contributed by atoms with E-state index in [-0.39, 0.29) is 40.4 Å². The van der Waals surface area contributed by atoms with Crippen molar-refractivity contribution >= 4 is 29.0 Å². The number of nitriles is 1. The van der Waals surface area contributed by atoms with Gasteiger partial charge in [-0.1, -0.05) is 0 Å². The quantitative estimate of drug-likeness (QED) is 0.186. The lowest BCUT2D eigenvalue weighted by molar-refractivity contribution is -0.143. The monoisotopic (exact) mass is 525 g/mol. The zero-order chi connectivity index (χ0) is 27.5. The van der Waals surface area contributed by atoms with Crippen LogP contribution in [0.3, 0.4) is 0 Å². The molecule has 37 heavy (non-hydrogen) atoms. The molecule has 0 aliphatic heterocycles. The van der Waals surface area contributed by atoms with Crippen LogP contribution in [0.25, 0.3) is 17.1 Å². The Morgan fingerprint density at radius 3 is 2.24 bits per heavy atom. The van der Waals surface area contributed by atoms with E-state index in [0.29, 0.717) is 12.1 Å². The number of methoxy groups -OCH3 is 1. The van der Waals surface area contributed by atoms with Gasteiger partial charge in [-0.2, -0.15) is 31.6 Å². The molecule has 0 atom stereocenters. The lowest BCUT2D eigenvalue weighted by Crippen LogP contribution is -2.13. The number of esters is 2. The van der Waals surface area contributed by atoms with Crippen LogP contribution in [0.15, 0.2) is 42.2 Å². The Morgan fingerprint density at radius 1 is 1.11 bits per heavy atom. The molecule has 2 heterocycles. The predicted octanol–water partition coefficient (Wildman–Crippen LogP) is 5.38. The first-order valence-electron chi connectivity index (χ1n) is 10.4. The summed E-state index contributed by atoms with van der Waals surface area (Å²) in [4.78, 5) is 28.6. The molecule has 0 N–H and O–H groups in total. The van der Waals surface area contributed by atoms with Gasteiger partial charge in [-0.25, -0.2) is 14.6 Å². The SMILES string of the molecule is CCOC(=O)/C(C#N)=C/c1cn(Cc2cc(C(F)(F)F)cc(C(F)(F)F)c2)c2nccc(C(=O)OC)c12. The Labute approximate surface area is 205 Å². The molecular formula is C24H17F6N3O4. The molecule has 7 nitrogen and oxygen atoms in total. The fourth-order valence-corrected chi connectivity index (χ4v) is 3.57. The van der Waals surface area contributed by atoms with Crippen molar-refractivity contribution in [3.63, 3.8) is 0 Å². The number of halogens is 6. The van der Waals surface area contributed by atoms with E-state index < -0.39 is 47.5 Å². The largest absolute Gasteiger partial charge is 0.465 e. The lowest BCUT2D eigenvalue weighted by Gasteiger charge is -2.15. The van der Waals surface area contributed by atoms with E-state index in [4.69, 9.17) is 9.47 Å². The van der Waals surface area contributed by atoms with Crippen molar-refractivity contribution < 1.29 is 45.4 Å². The van der Waals surface area contributed by atoms with Gasteiger partial charge in [-0.15, -0.1) is 0 Å². The van der Waals surface area contributed by atoms with Crippen LogP contribution in [0, 0.1) is 11.3 Å². The highest BCUT2D eigenvalue weighted by Crippen LogP contribution is 2.37. The Balaban J connectivity index is 2.26. The molecule has 0 fully saturated rings. The molecule has 1 aromatic carbocycles. The van der Waals surface area contributed by atoms with Gasteiger partial charge in [0.05, 0.1) is 30.4 Å². The van der Waals surface area contributed by atoms with E-state index in [1.165, 1.54) is 30.0 Å². The molecule has 194 valence electrons. The fraction of sp³-hybridized carbons (Fsp3) is 0.250. The lowest BCUT2D eigenvalue weighted by atomic mass is 10.0. The molecule has 3 rings (SSSR count). The molecule has 0 saturated heterocycles. The topological polar surface area (TPSA) is 94.2 Å². The highest BCUT2D eigenvalue weighted by Gasteiger charge is 2.37. The number of hydrogen-bond acceptors (Lipinski definition) is 6. The summed E-state index contributed by atoms with van der Waals surface area (Å²) in [5.74, 6) is -1.80. The van der Waals surface area contributed by atoms with E-state index in [2.05, 4.69) is 4.98 Å². The second kappa shape index (κ2) is 10.3. The first-order valence-corrected chi connectivity index (χ1v) is 10.4. The van der Waals surface area contributed by atoms with Gasteiger partial charge >= 0.3 is 24.3 Å². The molecule has 0 spiro atoms. The molecule has 3 aromatic rings. The molecule has 0 unspecified atom stereocenters. The molecule has 0 aliphatic carbocycles. The smallest absolute Gasteiger partial charge is 0.416 e. The van der Waals surface area contributed by atoms with Crippen LogP contribution < -0.4 is 0 Å². The van der Waals surface area contributed by atoms with Crippen molar-refractivity contribution in [2.45, 2.75) is 25.8 Å². The van der Waals surface area contributed by atoms with Crippen molar-refractivity contribution in [2.75, 3.05) is 13.7 Å². The van der Waals surface area contributed by atoms with Gasteiger partial charge < -0.3 is 14.0 Å². The first kappa shape index (κ1) is 27.3. The summed E-state index contributed by atoms with van der Waals surface area (Å²) < 4.78 is 90.6. The van der Waals surface area contributed by atoms with Gasteiger partial charge in [-0.3, -0.25) is 0 Å². The standard InChI is InChI=1S/C24H17F6N3O4/c1-3-37-21(34)14(10-31)8-15-12-33(20-19(15)18(4-5-32-20)22(35)36-2)11-13-6-16(23(25,26)27)9-17(7-13)24(28,29)30/h4-9,12H,3,11H2,1-2H3/b14-8+. The third kappa shape index (κ3) is 5.91. The Bertz CT molecular complexity index is 1400. The van der Waals surface area contributed by atoms with Gasteiger partial charge in [0.25, 0.3) is 0 Å². The minimum atomic E-state index is -5.04. The van der Waals surface area contributed by atoms with E-state index in [0.717, 1.165) is 13.2 Å². The van der Waals surface area contributed by atoms with E-state index in [9.17, 15) is 41.2 Å². The molecule has 0 radical (unpaired) electrons. The maximum Gasteiger partial charge on any atom is 0.416 e. The fourth-order valence-electron chi connectivity index (χ4n) is 3.57. The second-order valence-corrected chi connectivity index (χ2v) is 7.57. The minimum Gasteiger partial charge on any atom is -0.465 e. The van der Waals surface area contributed by atoms with Crippen molar-refractivity contribution in [1.29, 1.82) is 5.26 Å². The third-order valence-corrected chi connectivity index (χ3v) is 5.11. The number of hydrogen-bond donors (Lipinski definition) is 0. The maximum atomic E-state index is 13.3. The number of carbonyl (C=O) groups excluding carboxylic acids is 2. The van der Waals surface area contributed by atoms with Crippen molar-refractivity contribution in [1.82, 2.24) is 9.55 Å². The van der Waals surface area contributed by atoms with Gasteiger partial charge in [0.2, 0.25) is 0 Å². The van der Waals surface area contributed by atoms with E-state index >= 15 is 0 Å². The number of rotatable bonds is 6. The van der Waals surface area contributed by atoms with Gasteiger partial charge in [0.1, 0.15) is 17.3 Å². The third-order valence-electron chi connectivity index (χ3n) is 5.11. The van der Waals surface area contributed by atoms with Crippen LogP contribution in [-0.2, 0) is 33.2 Å². The highest BCUT2D eigenvalue weighted by molar-refractivity contribution is 6.08. The van der Waals surface area contributed by atoms with E-state index in [1.54, 1.807) is 6.07 Å². The number of carbonyl (C=O) groups is 2. The number of pyridine rings is 1. The van der Waals surface area contributed by atoms with Crippen molar-refractivity contribution in [3.05, 3.63) is 70.0 Å². The average Bonchev–Trinajstić information content (AvgIpc) is 3.17. The summed E-state index contributed by atoms with van der Waals surface area (Å²) >= 11 is 0. The summed E-state index contributed by atoms with van der Waals surface area (Å²) in [6.07, 6.45) is -6.56. The van der Waals surface area contributed by atoms with Crippen LogP contribution in [0.2, 0.25) is 0 Å². The van der Waals surface area contributed by atoms with Gasteiger partial charge in [0.15, 0.2) is 0 Å². The summed E-state index contributed by atoms with van der Waals surface area (Å²) in [6, 6.07) is 4.09. The maximum absolute atomic E-state index is 13.3. The zero-order valence-corrected chi connectivity index (χ0v) is 19.2. The number of fused-ring (bicyclic) bond motifs is 1. The van der Waals surface area contributed by atoms with Crippen molar-refractivity contribution in [3.8, 4) is 6.07 Å². The summed E-state index contributed by atoms with van der Waals surface area (Å²) in [7, 11) is 1.10. The molecule has 13 heteroatoms. The van der Waals surface area contributed by atoms with Crippen LogP contribution in [-0.4, -0.2) is 35.2 Å². The van der Waals surface area contributed by atoms with E-state index in [1.807, 2.05) is 0 Å². The molecule has 2 aromatic heterocycles. The van der Waals surface area contributed by atoms with Crippen LogP contribution >= 0.6 is 0 Å².